The molecule has 2 unspecified atom stereocenters. The van der Waals surface area contributed by atoms with E-state index in [1.807, 2.05) is 23.8 Å². The van der Waals surface area contributed by atoms with Crippen LogP contribution in [-0.4, -0.2) is 17.6 Å². The number of rotatable bonds is 6. The molecule has 20 heavy (non-hydrogen) atoms. The van der Waals surface area contributed by atoms with Crippen molar-refractivity contribution in [1.82, 2.24) is 5.32 Å². The van der Waals surface area contributed by atoms with Gasteiger partial charge in [0.1, 0.15) is 5.60 Å². The van der Waals surface area contributed by atoms with Gasteiger partial charge < -0.3 is 10.4 Å². The largest absolute Gasteiger partial charge is 0.384 e. The molecule has 0 aromatic carbocycles. The monoisotopic (exact) mass is 295 g/mol. The van der Waals surface area contributed by atoms with Crippen molar-refractivity contribution in [2.75, 3.05) is 6.54 Å². The van der Waals surface area contributed by atoms with Crippen molar-refractivity contribution in [3.05, 3.63) is 22.4 Å². The van der Waals surface area contributed by atoms with Gasteiger partial charge >= 0.3 is 0 Å². The van der Waals surface area contributed by atoms with Crippen LogP contribution in [0.3, 0.4) is 0 Å². The predicted octanol–water partition coefficient (Wildman–Crippen LogP) is 3.29. The summed E-state index contributed by atoms with van der Waals surface area (Å²) in [5.74, 6) is 0.817. The standard InChI is InChI=1S/C16H25NO2S/c1-12(9-13-5-3-4-6-13)15(18)17-11-16(2,19)14-7-8-20-10-14/h7-8,10,12-13,19H,3-6,9,11H2,1-2H3,(H,17,18). The Kier molecular flexibility index (Phi) is 5.22. The van der Waals surface area contributed by atoms with Gasteiger partial charge in [-0.3, -0.25) is 4.79 Å². The molecule has 1 aliphatic carbocycles. The molecule has 2 N–H and O–H groups in total. The van der Waals surface area contributed by atoms with E-state index in [2.05, 4.69) is 5.32 Å². The zero-order chi connectivity index (χ0) is 14.6. The zero-order valence-corrected chi connectivity index (χ0v) is 13.2. The Balaban J connectivity index is 1.79. The summed E-state index contributed by atoms with van der Waals surface area (Å²) in [5, 5.41) is 17.1. The van der Waals surface area contributed by atoms with Crippen LogP contribution in [0.4, 0.5) is 0 Å². The van der Waals surface area contributed by atoms with Gasteiger partial charge in [-0.2, -0.15) is 11.3 Å². The van der Waals surface area contributed by atoms with Gasteiger partial charge in [0, 0.05) is 5.92 Å². The fourth-order valence-electron chi connectivity index (χ4n) is 2.96. The first kappa shape index (κ1) is 15.5. The lowest BCUT2D eigenvalue weighted by Gasteiger charge is -2.24. The molecule has 3 nitrogen and oxygen atoms in total. The van der Waals surface area contributed by atoms with E-state index < -0.39 is 5.60 Å². The van der Waals surface area contributed by atoms with E-state index in [0.717, 1.165) is 12.0 Å². The molecule has 0 bridgehead atoms. The molecular formula is C16H25NO2S. The Hall–Kier alpha value is -0.870. The molecule has 0 saturated heterocycles. The number of carbonyl (C=O) groups is 1. The molecule has 1 aromatic heterocycles. The Bertz CT molecular complexity index is 422. The molecule has 112 valence electrons. The molecule has 1 heterocycles. The highest BCUT2D eigenvalue weighted by molar-refractivity contribution is 7.08. The molecular weight excluding hydrogens is 270 g/mol. The number of hydrogen-bond acceptors (Lipinski definition) is 3. The first-order valence-electron chi connectivity index (χ1n) is 7.52. The van der Waals surface area contributed by atoms with E-state index in [4.69, 9.17) is 0 Å². The van der Waals surface area contributed by atoms with Gasteiger partial charge in [-0.15, -0.1) is 0 Å². The van der Waals surface area contributed by atoms with Crippen LogP contribution in [0, 0.1) is 11.8 Å². The molecule has 1 aliphatic rings. The maximum atomic E-state index is 12.1. The van der Waals surface area contributed by atoms with E-state index >= 15 is 0 Å². The van der Waals surface area contributed by atoms with Crippen LogP contribution in [0.1, 0.15) is 51.5 Å². The lowest BCUT2D eigenvalue weighted by Crippen LogP contribution is -2.40. The number of hydrogen-bond donors (Lipinski definition) is 2. The highest BCUT2D eigenvalue weighted by atomic mass is 32.1. The number of nitrogens with one attached hydrogen (secondary N) is 1. The summed E-state index contributed by atoms with van der Waals surface area (Å²) < 4.78 is 0. The molecule has 2 atom stereocenters. The average molecular weight is 295 g/mol. The summed E-state index contributed by atoms with van der Waals surface area (Å²) in [6.45, 7) is 4.02. The van der Waals surface area contributed by atoms with Crippen LogP contribution in [0.15, 0.2) is 16.8 Å². The number of thiophene rings is 1. The Morgan fingerprint density at radius 3 is 2.85 bits per heavy atom. The zero-order valence-electron chi connectivity index (χ0n) is 12.4. The quantitative estimate of drug-likeness (QED) is 0.846. The third kappa shape index (κ3) is 4.06. The minimum Gasteiger partial charge on any atom is -0.384 e. The molecule has 1 amide bonds. The van der Waals surface area contributed by atoms with Crippen LogP contribution in [0.2, 0.25) is 0 Å². The first-order valence-corrected chi connectivity index (χ1v) is 8.46. The molecule has 1 aromatic rings. The van der Waals surface area contributed by atoms with E-state index in [0.29, 0.717) is 5.92 Å². The molecule has 0 spiro atoms. The second-order valence-corrected chi connectivity index (χ2v) is 7.07. The van der Waals surface area contributed by atoms with Crippen molar-refractivity contribution in [3.63, 3.8) is 0 Å². The van der Waals surface area contributed by atoms with Gasteiger partial charge in [-0.05, 0) is 41.7 Å². The van der Waals surface area contributed by atoms with Gasteiger partial charge in [0.15, 0.2) is 0 Å². The van der Waals surface area contributed by atoms with Gasteiger partial charge in [0.2, 0.25) is 5.91 Å². The van der Waals surface area contributed by atoms with E-state index in [1.54, 1.807) is 18.3 Å². The molecule has 0 aliphatic heterocycles. The first-order chi connectivity index (χ1) is 9.49. The summed E-state index contributed by atoms with van der Waals surface area (Å²) in [6.07, 6.45) is 6.14. The average Bonchev–Trinajstić information content (AvgIpc) is 3.08. The maximum absolute atomic E-state index is 12.1. The van der Waals surface area contributed by atoms with Crippen molar-refractivity contribution >= 4 is 17.2 Å². The fraction of sp³-hybridized carbons (Fsp3) is 0.688. The van der Waals surface area contributed by atoms with Crippen molar-refractivity contribution in [2.45, 2.75) is 51.6 Å². The summed E-state index contributed by atoms with van der Waals surface area (Å²) >= 11 is 1.56. The SMILES string of the molecule is CC(CC1CCCC1)C(=O)NCC(C)(O)c1ccsc1. The Labute approximate surface area is 125 Å². The van der Waals surface area contributed by atoms with Crippen molar-refractivity contribution in [2.24, 2.45) is 11.8 Å². The maximum Gasteiger partial charge on any atom is 0.222 e. The second kappa shape index (κ2) is 6.72. The lowest BCUT2D eigenvalue weighted by molar-refractivity contribution is -0.126. The smallest absolute Gasteiger partial charge is 0.222 e. The third-order valence-corrected chi connectivity index (χ3v) is 5.04. The molecule has 4 heteroatoms. The Morgan fingerprint density at radius 2 is 2.25 bits per heavy atom. The number of aliphatic hydroxyl groups is 1. The lowest BCUT2D eigenvalue weighted by atomic mass is 9.93. The van der Waals surface area contributed by atoms with Gasteiger partial charge in [0.25, 0.3) is 0 Å². The second-order valence-electron chi connectivity index (χ2n) is 6.29. The van der Waals surface area contributed by atoms with Crippen LogP contribution < -0.4 is 5.32 Å². The number of amides is 1. The van der Waals surface area contributed by atoms with Crippen molar-refractivity contribution < 1.29 is 9.90 Å². The van der Waals surface area contributed by atoms with Gasteiger partial charge in [0.05, 0.1) is 6.54 Å². The predicted molar refractivity (Wildman–Crippen MR) is 82.6 cm³/mol. The fourth-order valence-corrected chi connectivity index (χ4v) is 3.74. The van der Waals surface area contributed by atoms with Crippen LogP contribution in [0.25, 0.3) is 0 Å². The normalized spacial score (nSPS) is 20.6. The molecule has 1 saturated carbocycles. The van der Waals surface area contributed by atoms with Crippen LogP contribution in [-0.2, 0) is 10.4 Å². The van der Waals surface area contributed by atoms with E-state index in [1.165, 1.54) is 25.7 Å². The van der Waals surface area contributed by atoms with Crippen molar-refractivity contribution in [1.29, 1.82) is 0 Å². The third-order valence-electron chi connectivity index (χ3n) is 4.36. The number of carbonyl (C=O) groups excluding carboxylic acids is 1. The van der Waals surface area contributed by atoms with Crippen molar-refractivity contribution in [3.8, 4) is 0 Å². The topological polar surface area (TPSA) is 49.3 Å². The van der Waals surface area contributed by atoms with Gasteiger partial charge in [-0.25, -0.2) is 0 Å². The van der Waals surface area contributed by atoms with Gasteiger partial charge in [-0.1, -0.05) is 32.6 Å². The highest BCUT2D eigenvalue weighted by Crippen LogP contribution is 2.30. The highest BCUT2D eigenvalue weighted by Gasteiger charge is 2.26. The summed E-state index contributed by atoms with van der Waals surface area (Å²) in [4.78, 5) is 12.1. The van der Waals surface area contributed by atoms with E-state index in [9.17, 15) is 9.90 Å². The molecule has 1 fully saturated rings. The van der Waals surface area contributed by atoms with E-state index in [-0.39, 0.29) is 18.4 Å². The van der Waals surface area contributed by atoms with Crippen LogP contribution >= 0.6 is 11.3 Å². The molecule has 2 rings (SSSR count). The summed E-state index contributed by atoms with van der Waals surface area (Å²) in [5.41, 5.74) is -0.116. The minimum absolute atomic E-state index is 0.0383. The molecule has 0 radical (unpaired) electrons. The summed E-state index contributed by atoms with van der Waals surface area (Å²) in [7, 11) is 0. The minimum atomic E-state index is -0.983. The Morgan fingerprint density at radius 1 is 1.55 bits per heavy atom. The van der Waals surface area contributed by atoms with Crippen LogP contribution in [0.5, 0.6) is 0 Å². The summed E-state index contributed by atoms with van der Waals surface area (Å²) in [6, 6.07) is 1.90.